The van der Waals surface area contributed by atoms with Gasteiger partial charge in [0.2, 0.25) is 10.0 Å². The van der Waals surface area contributed by atoms with Crippen molar-refractivity contribution >= 4 is 21.7 Å². The molecule has 1 aromatic carbocycles. The van der Waals surface area contributed by atoms with Gasteiger partial charge in [-0.15, -0.1) is 0 Å². The minimum absolute atomic E-state index is 0.377. The minimum Gasteiger partial charge on any atom is -0.370 e. The van der Waals surface area contributed by atoms with Crippen molar-refractivity contribution in [2.45, 2.75) is 30.6 Å². The van der Waals surface area contributed by atoms with Crippen LogP contribution in [-0.2, 0) is 10.0 Å². The Bertz CT molecular complexity index is 876. The summed E-state index contributed by atoms with van der Waals surface area (Å²) in [6.07, 6.45) is 5.76. The van der Waals surface area contributed by atoms with E-state index in [1.165, 1.54) is 12.8 Å². The Morgan fingerprint density at radius 1 is 1.00 bits per heavy atom. The molecule has 0 atom stereocenters. The summed E-state index contributed by atoms with van der Waals surface area (Å²) in [5.74, 6) is 2.27. The van der Waals surface area contributed by atoms with Crippen molar-refractivity contribution in [2.24, 2.45) is 5.92 Å². The summed E-state index contributed by atoms with van der Waals surface area (Å²) in [7, 11) is -3.38. The molecule has 7 nitrogen and oxygen atoms in total. The maximum Gasteiger partial charge on any atom is 0.243 e. The van der Waals surface area contributed by atoms with Crippen LogP contribution in [0.3, 0.4) is 0 Å². The van der Waals surface area contributed by atoms with Crippen molar-refractivity contribution in [3.05, 3.63) is 42.7 Å². The Morgan fingerprint density at radius 2 is 1.71 bits per heavy atom. The van der Waals surface area contributed by atoms with Gasteiger partial charge >= 0.3 is 0 Å². The second-order valence-corrected chi connectivity index (χ2v) is 9.43. The van der Waals surface area contributed by atoms with E-state index in [0.717, 1.165) is 44.1 Å². The Hall–Kier alpha value is -2.19. The van der Waals surface area contributed by atoms with Crippen LogP contribution in [0, 0.1) is 5.92 Å². The number of sulfonamides is 1. The van der Waals surface area contributed by atoms with E-state index in [4.69, 9.17) is 0 Å². The first-order valence-electron chi connectivity index (χ1n) is 9.99. The molecule has 28 heavy (non-hydrogen) atoms. The lowest BCUT2D eigenvalue weighted by Crippen LogP contribution is -2.39. The van der Waals surface area contributed by atoms with Crippen molar-refractivity contribution < 1.29 is 8.42 Å². The standard InChI is InChI=1S/C20H27N5O2S/c26-28(27,18-6-2-1-3-7-18)25-12-8-17(9-13-25)15-21-19-14-20(23-16-22-19)24-10-4-5-11-24/h1-3,6-7,14,16-17H,4-5,8-13,15H2,(H,21,22,23). The van der Waals surface area contributed by atoms with Crippen LogP contribution in [0.1, 0.15) is 25.7 Å². The lowest BCUT2D eigenvalue weighted by molar-refractivity contribution is 0.282. The fraction of sp³-hybridized carbons (Fsp3) is 0.500. The highest BCUT2D eigenvalue weighted by molar-refractivity contribution is 7.89. The average molecular weight is 402 g/mol. The van der Waals surface area contributed by atoms with Gasteiger partial charge in [-0.2, -0.15) is 4.31 Å². The zero-order chi connectivity index (χ0) is 19.4. The molecule has 0 unspecified atom stereocenters. The fourth-order valence-electron chi connectivity index (χ4n) is 3.91. The summed E-state index contributed by atoms with van der Waals surface area (Å²) in [6, 6.07) is 10.7. The number of aromatic nitrogens is 2. The third-order valence-corrected chi connectivity index (χ3v) is 7.52. The zero-order valence-electron chi connectivity index (χ0n) is 16.0. The molecule has 8 heteroatoms. The van der Waals surface area contributed by atoms with Gasteiger partial charge in [-0.1, -0.05) is 18.2 Å². The van der Waals surface area contributed by atoms with Gasteiger partial charge in [0.15, 0.2) is 0 Å². The van der Waals surface area contributed by atoms with Gasteiger partial charge in [-0.3, -0.25) is 0 Å². The van der Waals surface area contributed by atoms with Crippen LogP contribution in [0.2, 0.25) is 0 Å². The van der Waals surface area contributed by atoms with E-state index in [2.05, 4.69) is 20.2 Å². The first-order chi connectivity index (χ1) is 13.6. The predicted molar refractivity (Wildman–Crippen MR) is 110 cm³/mol. The normalized spacial score (nSPS) is 19.1. The molecule has 1 N–H and O–H groups in total. The van der Waals surface area contributed by atoms with E-state index in [0.29, 0.717) is 23.9 Å². The summed E-state index contributed by atoms with van der Waals surface area (Å²) < 4.78 is 27.1. The fourth-order valence-corrected chi connectivity index (χ4v) is 5.40. The number of nitrogens with zero attached hydrogens (tertiary/aromatic N) is 4. The highest BCUT2D eigenvalue weighted by Crippen LogP contribution is 2.24. The monoisotopic (exact) mass is 401 g/mol. The number of rotatable bonds is 6. The SMILES string of the molecule is O=S(=O)(c1ccccc1)N1CCC(CNc2cc(N3CCCC3)ncn2)CC1. The molecule has 0 amide bonds. The molecular weight excluding hydrogens is 374 g/mol. The molecule has 0 radical (unpaired) electrons. The van der Waals surface area contributed by atoms with Crippen LogP contribution < -0.4 is 10.2 Å². The van der Waals surface area contributed by atoms with Crippen molar-refractivity contribution in [3.63, 3.8) is 0 Å². The molecule has 2 saturated heterocycles. The van der Waals surface area contributed by atoms with Crippen LogP contribution in [0.15, 0.2) is 47.6 Å². The summed E-state index contributed by atoms with van der Waals surface area (Å²) in [5, 5.41) is 3.42. The lowest BCUT2D eigenvalue weighted by atomic mass is 9.98. The number of anilines is 2. The van der Waals surface area contributed by atoms with E-state index >= 15 is 0 Å². The van der Waals surface area contributed by atoms with Crippen molar-refractivity contribution in [2.75, 3.05) is 42.9 Å². The van der Waals surface area contributed by atoms with E-state index in [1.807, 2.05) is 12.1 Å². The molecule has 150 valence electrons. The topological polar surface area (TPSA) is 78.4 Å². The Kier molecular flexibility index (Phi) is 5.77. The van der Waals surface area contributed by atoms with Crippen molar-refractivity contribution in [1.29, 1.82) is 0 Å². The largest absolute Gasteiger partial charge is 0.370 e. The Labute approximate surface area is 166 Å². The van der Waals surface area contributed by atoms with Crippen LogP contribution in [-0.4, -0.2) is 55.4 Å². The molecule has 3 heterocycles. The number of hydrogen-bond donors (Lipinski definition) is 1. The molecule has 2 aliphatic rings. The lowest BCUT2D eigenvalue weighted by Gasteiger charge is -2.31. The molecule has 0 saturated carbocycles. The van der Waals surface area contributed by atoms with E-state index in [1.54, 1.807) is 34.9 Å². The molecular formula is C20H27N5O2S. The number of nitrogens with one attached hydrogen (secondary N) is 1. The third kappa shape index (κ3) is 4.28. The van der Waals surface area contributed by atoms with Gasteiger partial charge in [0.05, 0.1) is 4.90 Å². The summed E-state index contributed by atoms with van der Waals surface area (Å²) in [6.45, 7) is 4.05. The van der Waals surface area contributed by atoms with Crippen LogP contribution in [0.5, 0.6) is 0 Å². The van der Waals surface area contributed by atoms with Gasteiger partial charge in [-0.05, 0) is 43.7 Å². The number of hydrogen-bond acceptors (Lipinski definition) is 6. The molecule has 2 aliphatic heterocycles. The summed E-state index contributed by atoms with van der Waals surface area (Å²) >= 11 is 0. The van der Waals surface area contributed by atoms with Crippen molar-refractivity contribution in [1.82, 2.24) is 14.3 Å². The molecule has 0 bridgehead atoms. The van der Waals surface area contributed by atoms with Gasteiger partial charge in [-0.25, -0.2) is 18.4 Å². The minimum atomic E-state index is -3.38. The number of piperidine rings is 1. The zero-order valence-corrected chi connectivity index (χ0v) is 16.8. The smallest absolute Gasteiger partial charge is 0.243 e. The Balaban J connectivity index is 1.30. The van der Waals surface area contributed by atoms with Crippen LogP contribution in [0.25, 0.3) is 0 Å². The first-order valence-corrected chi connectivity index (χ1v) is 11.4. The molecule has 1 aromatic heterocycles. The molecule has 2 fully saturated rings. The molecule has 2 aromatic rings. The van der Waals surface area contributed by atoms with Crippen LogP contribution in [0.4, 0.5) is 11.6 Å². The predicted octanol–water partition coefficient (Wildman–Crippen LogP) is 2.59. The van der Waals surface area contributed by atoms with Crippen LogP contribution >= 0.6 is 0 Å². The quantitative estimate of drug-likeness (QED) is 0.802. The molecule has 4 rings (SSSR count). The van der Waals surface area contributed by atoms with Crippen molar-refractivity contribution in [3.8, 4) is 0 Å². The van der Waals surface area contributed by atoms with Gasteiger partial charge in [0.25, 0.3) is 0 Å². The van der Waals surface area contributed by atoms with E-state index in [9.17, 15) is 8.42 Å². The Morgan fingerprint density at radius 3 is 2.43 bits per heavy atom. The third-order valence-electron chi connectivity index (χ3n) is 5.61. The second-order valence-electron chi connectivity index (χ2n) is 7.50. The molecule has 0 aliphatic carbocycles. The highest BCUT2D eigenvalue weighted by atomic mass is 32.2. The first kappa shape index (κ1) is 19.1. The van der Waals surface area contributed by atoms with E-state index in [-0.39, 0.29) is 0 Å². The summed E-state index contributed by atoms with van der Waals surface area (Å²) in [5.41, 5.74) is 0. The molecule has 0 spiro atoms. The van der Waals surface area contributed by atoms with Gasteiger partial charge in [0.1, 0.15) is 18.0 Å². The van der Waals surface area contributed by atoms with Gasteiger partial charge in [0, 0.05) is 38.8 Å². The average Bonchev–Trinajstić information content (AvgIpc) is 3.28. The van der Waals surface area contributed by atoms with Gasteiger partial charge < -0.3 is 10.2 Å². The maximum atomic E-state index is 12.7. The maximum absolute atomic E-state index is 12.7. The highest BCUT2D eigenvalue weighted by Gasteiger charge is 2.29. The number of benzene rings is 1. The van der Waals surface area contributed by atoms with E-state index < -0.39 is 10.0 Å². The summed E-state index contributed by atoms with van der Waals surface area (Å²) in [4.78, 5) is 11.4. The second kappa shape index (κ2) is 8.45.